The molecule has 16 aromatic rings. The predicted octanol–water partition coefficient (Wildman–Crippen LogP) is 16.9. The molecule has 20 rings (SSSR count). The second-order valence-corrected chi connectivity index (χ2v) is 26.4. The number of hydrogen-bond donors (Lipinski definition) is 0. The third kappa shape index (κ3) is 7.99. The van der Waals surface area contributed by atoms with E-state index in [-0.39, 0.29) is 13.4 Å². The summed E-state index contributed by atoms with van der Waals surface area (Å²) in [5.41, 5.74) is 29.4. The van der Waals surface area contributed by atoms with Crippen LogP contribution in [0, 0.1) is 0 Å². The van der Waals surface area contributed by atoms with E-state index in [4.69, 9.17) is 18.9 Å². The number of hydrogen-bond acceptors (Lipinski definition) is 6. The van der Waals surface area contributed by atoms with Crippen molar-refractivity contribution in [3.8, 4) is 56.6 Å². The van der Waals surface area contributed by atoms with Crippen molar-refractivity contribution in [2.75, 3.05) is 38.2 Å². The number of benzene rings is 14. The Bertz CT molecular complexity index is 5540. The van der Waals surface area contributed by atoms with E-state index >= 15 is 0 Å². The van der Waals surface area contributed by atoms with Crippen LogP contribution >= 0.6 is 0 Å². The number of para-hydroxylation sites is 4. The van der Waals surface area contributed by atoms with Crippen LogP contribution in [0.5, 0.6) is 23.0 Å². The van der Waals surface area contributed by atoms with Crippen molar-refractivity contribution in [2.24, 2.45) is 0 Å². The molecule has 99 heavy (non-hydrogen) atoms. The van der Waals surface area contributed by atoms with Crippen molar-refractivity contribution >= 4 is 124 Å². The standard InChI is InChI=1S/C89H62B2N4O4/c1-96-61-35-45-79-65(51-61)66-52-62(97-2)36-46-80(66)92(79)59-33-39-71-69(49-59)85-73(41-43-77-87(85)94(57-25-13-7-14-26-57)83-31-19-17-29-75(83)90(77)55-21-9-5-10-22-55)89(71)72-40-34-60(93-81-47-37-63(98-3)53-67(81)68-54-64(99-4)38-48-82(68)93)50-70(72)86-74(89)42-44-78-88(86)95(58-27-15-8-16-28-58)84-32-20-18-30-76(84)91(78)56-23-11-6-12-24-56/h5-54H,1-4H3. The van der Waals surface area contributed by atoms with Crippen LogP contribution in [0.15, 0.2) is 303 Å². The van der Waals surface area contributed by atoms with Gasteiger partial charge in [-0.15, -0.1) is 0 Å². The molecular weight excluding hydrogens is 1210 g/mol. The molecule has 0 amide bonds. The van der Waals surface area contributed by atoms with Crippen LogP contribution in [0.3, 0.4) is 0 Å². The maximum absolute atomic E-state index is 5.95. The second-order valence-electron chi connectivity index (χ2n) is 26.4. The minimum Gasteiger partial charge on any atom is -0.497 e. The highest BCUT2D eigenvalue weighted by molar-refractivity contribution is 6.99. The zero-order chi connectivity index (χ0) is 65.8. The third-order valence-electron chi connectivity index (χ3n) is 21.8. The van der Waals surface area contributed by atoms with Crippen LogP contribution in [-0.4, -0.2) is 51.0 Å². The molecule has 0 fully saturated rings. The highest BCUT2D eigenvalue weighted by Crippen LogP contribution is 2.67. The van der Waals surface area contributed by atoms with Gasteiger partial charge in [-0.25, -0.2) is 0 Å². The van der Waals surface area contributed by atoms with Gasteiger partial charge >= 0.3 is 0 Å². The predicted molar refractivity (Wildman–Crippen MR) is 409 cm³/mol. The molecule has 0 saturated heterocycles. The number of fused-ring (bicyclic) bond motifs is 22. The maximum Gasteiger partial charge on any atom is 0.246 e. The summed E-state index contributed by atoms with van der Waals surface area (Å²) >= 11 is 0. The van der Waals surface area contributed by atoms with Crippen molar-refractivity contribution in [3.05, 3.63) is 326 Å². The fourth-order valence-electron chi connectivity index (χ4n) is 17.8. The van der Waals surface area contributed by atoms with Crippen molar-refractivity contribution in [2.45, 2.75) is 5.41 Å². The van der Waals surface area contributed by atoms with Crippen molar-refractivity contribution < 1.29 is 18.9 Å². The minimum absolute atomic E-state index is 0.0913. The van der Waals surface area contributed by atoms with Gasteiger partial charge in [0.1, 0.15) is 23.0 Å². The monoisotopic (exact) mass is 1270 g/mol. The Morgan fingerprint density at radius 3 is 0.949 bits per heavy atom. The molecule has 0 atom stereocenters. The van der Waals surface area contributed by atoms with E-state index in [0.717, 1.165) is 101 Å². The van der Waals surface area contributed by atoms with Crippen LogP contribution in [0.25, 0.3) is 77.2 Å². The first-order chi connectivity index (χ1) is 48.9. The normalized spacial score (nSPS) is 13.5. The molecular formula is C89H62B2N4O4. The van der Waals surface area contributed by atoms with Gasteiger partial charge in [0.25, 0.3) is 0 Å². The third-order valence-corrected chi connectivity index (χ3v) is 21.8. The first-order valence-corrected chi connectivity index (χ1v) is 33.9. The van der Waals surface area contributed by atoms with E-state index in [9.17, 15) is 0 Å². The molecule has 10 heteroatoms. The first-order valence-electron chi connectivity index (χ1n) is 33.9. The Balaban J connectivity index is 0.960. The molecule has 2 aromatic heterocycles. The molecule has 1 spiro atoms. The van der Waals surface area contributed by atoms with E-state index in [1.54, 1.807) is 28.4 Å². The molecule has 8 nitrogen and oxygen atoms in total. The lowest BCUT2D eigenvalue weighted by Crippen LogP contribution is -2.57. The molecule has 2 aliphatic carbocycles. The lowest BCUT2D eigenvalue weighted by atomic mass is 9.35. The van der Waals surface area contributed by atoms with Gasteiger partial charge in [-0.05, 0) is 189 Å². The van der Waals surface area contributed by atoms with Gasteiger partial charge in [0.2, 0.25) is 13.4 Å². The van der Waals surface area contributed by atoms with E-state index in [1.165, 1.54) is 88.7 Å². The van der Waals surface area contributed by atoms with Gasteiger partial charge in [-0.3, -0.25) is 0 Å². The highest BCUT2D eigenvalue weighted by Gasteiger charge is 2.56. The zero-order valence-electron chi connectivity index (χ0n) is 54.9. The molecule has 4 heterocycles. The summed E-state index contributed by atoms with van der Waals surface area (Å²) in [5.74, 6) is 3.17. The average Bonchev–Trinajstić information content (AvgIpc) is 1.49. The Kier molecular flexibility index (Phi) is 12.5. The molecule has 0 bridgehead atoms. The number of anilines is 6. The molecule has 14 aromatic carbocycles. The van der Waals surface area contributed by atoms with E-state index in [0.29, 0.717) is 0 Å². The Morgan fingerprint density at radius 1 is 0.273 bits per heavy atom. The Hall–Kier alpha value is -12.4. The number of aromatic nitrogens is 2. The van der Waals surface area contributed by atoms with Gasteiger partial charge < -0.3 is 37.9 Å². The van der Waals surface area contributed by atoms with Crippen LogP contribution < -0.4 is 61.5 Å². The summed E-state index contributed by atoms with van der Waals surface area (Å²) in [6.07, 6.45) is 0. The maximum atomic E-state index is 5.95. The quantitative estimate of drug-likeness (QED) is 0.127. The van der Waals surface area contributed by atoms with Gasteiger partial charge in [0.15, 0.2) is 0 Å². The van der Waals surface area contributed by atoms with Gasteiger partial charge in [0.05, 0.1) is 55.9 Å². The lowest BCUT2D eigenvalue weighted by molar-refractivity contribution is 0.415. The highest BCUT2D eigenvalue weighted by atomic mass is 16.5. The van der Waals surface area contributed by atoms with Gasteiger partial charge in [-0.2, -0.15) is 0 Å². The molecule has 0 N–H and O–H groups in total. The fraction of sp³-hybridized carbons (Fsp3) is 0.0562. The minimum atomic E-state index is -0.886. The topological polar surface area (TPSA) is 53.3 Å². The van der Waals surface area contributed by atoms with E-state index in [1.807, 2.05) is 0 Å². The molecule has 0 unspecified atom stereocenters. The second kappa shape index (κ2) is 21.8. The van der Waals surface area contributed by atoms with Crippen LogP contribution in [0.4, 0.5) is 34.1 Å². The summed E-state index contributed by atoms with van der Waals surface area (Å²) in [5, 5.41) is 4.31. The average molecular weight is 1270 g/mol. The van der Waals surface area contributed by atoms with Crippen molar-refractivity contribution in [1.82, 2.24) is 9.13 Å². The van der Waals surface area contributed by atoms with Crippen molar-refractivity contribution in [3.63, 3.8) is 0 Å². The SMILES string of the molecule is COc1ccc2c(c1)c1cc(OC)ccc1n2-c1ccc2c(c1)-c1c(ccc3c1N(c1ccccc1)c1ccccc1B3c1ccccc1)C21c2ccc(-n3c4ccc(OC)cc4c4cc(OC)ccc43)cc2-c2c1ccc1c2N(c2ccccc2)c2ccccc2B1c1ccccc1. The van der Waals surface area contributed by atoms with Crippen molar-refractivity contribution in [1.29, 1.82) is 0 Å². The summed E-state index contributed by atoms with van der Waals surface area (Å²) in [6.45, 7) is -0.183. The number of ether oxygens (including phenoxy) is 4. The number of rotatable bonds is 10. The summed E-state index contributed by atoms with van der Waals surface area (Å²) < 4.78 is 28.7. The van der Waals surface area contributed by atoms with Crippen LogP contribution in [-0.2, 0) is 5.41 Å². The summed E-state index contributed by atoms with van der Waals surface area (Å²) in [6, 6.07) is 113. The first kappa shape index (κ1) is 56.9. The van der Waals surface area contributed by atoms with E-state index < -0.39 is 5.41 Å². The van der Waals surface area contributed by atoms with Gasteiger partial charge in [-0.1, -0.05) is 181 Å². The molecule has 468 valence electrons. The molecule has 0 saturated carbocycles. The van der Waals surface area contributed by atoms with E-state index in [2.05, 4.69) is 322 Å². The Morgan fingerprint density at radius 2 is 0.596 bits per heavy atom. The number of nitrogens with zero attached hydrogens (tertiary/aromatic N) is 4. The fourth-order valence-corrected chi connectivity index (χ4v) is 17.8. The molecule has 4 aliphatic rings. The summed E-state index contributed by atoms with van der Waals surface area (Å²) in [7, 11) is 6.96. The smallest absolute Gasteiger partial charge is 0.246 e. The van der Waals surface area contributed by atoms with Gasteiger partial charge in [0, 0.05) is 78.2 Å². The zero-order valence-corrected chi connectivity index (χ0v) is 54.9. The lowest BCUT2D eigenvalue weighted by Gasteiger charge is -2.40. The van der Waals surface area contributed by atoms with Crippen LogP contribution in [0.2, 0.25) is 0 Å². The summed E-state index contributed by atoms with van der Waals surface area (Å²) in [4.78, 5) is 5.16. The molecule has 0 radical (unpaired) electrons. The largest absolute Gasteiger partial charge is 0.497 e. The Labute approximate surface area is 574 Å². The van der Waals surface area contributed by atoms with Crippen LogP contribution in [0.1, 0.15) is 22.3 Å². The number of methoxy groups -OCH3 is 4. The molecule has 2 aliphatic heterocycles.